The number of nitrogens with zero attached hydrogens (tertiary/aromatic N) is 1. The fraction of sp³-hybridized carbons (Fsp3) is 0.857. The van der Waals surface area contributed by atoms with Gasteiger partial charge in [0, 0.05) is 13.7 Å². The summed E-state index contributed by atoms with van der Waals surface area (Å²) in [5.74, 6) is 0. The van der Waals surface area contributed by atoms with Gasteiger partial charge < -0.3 is 9.64 Å². The molecule has 0 aromatic carbocycles. The van der Waals surface area contributed by atoms with E-state index in [1.165, 1.54) is 0 Å². The minimum absolute atomic E-state index is 0.280. The predicted octanol–water partition coefficient (Wildman–Crippen LogP) is 0.164. The Morgan fingerprint density at radius 1 is 1.80 bits per heavy atom. The molecule has 0 N–H and O–H groups in total. The molecule has 0 bridgehead atoms. The Labute approximate surface area is 61.0 Å². The number of hydrogen-bond donors (Lipinski definition) is 0. The van der Waals surface area contributed by atoms with Gasteiger partial charge in [0.05, 0.1) is 12.6 Å². The molecular weight excluding hydrogens is 130 g/mol. The second kappa shape index (κ2) is 3.56. The third-order valence-corrected chi connectivity index (χ3v) is 1.85. The summed E-state index contributed by atoms with van der Waals surface area (Å²) in [6, 6.07) is 0.280. The topological polar surface area (TPSA) is 29.5 Å². The van der Waals surface area contributed by atoms with E-state index < -0.39 is 0 Å². The molecule has 57 valence electrons. The van der Waals surface area contributed by atoms with Crippen LogP contribution in [0.3, 0.4) is 0 Å². The van der Waals surface area contributed by atoms with Gasteiger partial charge in [-0.25, -0.2) is 0 Å². The van der Waals surface area contributed by atoms with Crippen LogP contribution in [0, 0.1) is 0 Å². The minimum Gasteiger partial charge on any atom is -0.383 e. The van der Waals surface area contributed by atoms with Crippen LogP contribution in [0.1, 0.15) is 12.8 Å². The molecule has 1 heterocycles. The first-order valence-corrected chi connectivity index (χ1v) is 3.52. The van der Waals surface area contributed by atoms with Crippen molar-refractivity contribution in [2.45, 2.75) is 18.9 Å². The molecule has 0 spiro atoms. The van der Waals surface area contributed by atoms with Crippen molar-refractivity contribution >= 4 is 6.41 Å². The van der Waals surface area contributed by atoms with Crippen LogP contribution in [-0.2, 0) is 9.53 Å². The summed E-state index contributed by atoms with van der Waals surface area (Å²) in [4.78, 5) is 11.9. The number of rotatable bonds is 3. The van der Waals surface area contributed by atoms with Crippen LogP contribution in [0.5, 0.6) is 0 Å². The second-order valence-electron chi connectivity index (χ2n) is 2.54. The van der Waals surface area contributed by atoms with E-state index in [0.717, 1.165) is 19.4 Å². The minimum atomic E-state index is 0.280. The Morgan fingerprint density at radius 3 is 3.20 bits per heavy atom. The fourth-order valence-corrected chi connectivity index (χ4v) is 1.32. The molecule has 0 aromatic heterocycles. The Balaban J connectivity index is 2.34. The number of amides is 1. The molecule has 3 nitrogen and oxygen atoms in total. The number of methoxy groups -OCH3 is 1. The van der Waals surface area contributed by atoms with Gasteiger partial charge >= 0.3 is 6.41 Å². The first kappa shape index (κ1) is 7.54. The molecule has 1 saturated heterocycles. The first-order valence-electron chi connectivity index (χ1n) is 3.52. The molecule has 1 aliphatic heterocycles. The van der Waals surface area contributed by atoms with E-state index in [1.54, 1.807) is 12.0 Å². The highest BCUT2D eigenvalue weighted by molar-refractivity contribution is 5.49. The molecule has 1 aliphatic rings. The smallest absolute Gasteiger partial charge is 0.312 e. The Morgan fingerprint density at radius 2 is 2.60 bits per heavy atom. The van der Waals surface area contributed by atoms with Gasteiger partial charge in [0.2, 0.25) is 0 Å². The summed E-state index contributed by atoms with van der Waals surface area (Å²) in [7, 11) is 1.65. The van der Waals surface area contributed by atoms with Crippen LogP contribution >= 0.6 is 0 Å². The maximum Gasteiger partial charge on any atom is 0.312 e. The molecule has 1 atom stereocenters. The van der Waals surface area contributed by atoms with Crippen molar-refractivity contribution in [3.8, 4) is 0 Å². The van der Waals surface area contributed by atoms with Crippen LogP contribution in [0.25, 0.3) is 0 Å². The van der Waals surface area contributed by atoms with E-state index in [1.807, 2.05) is 6.41 Å². The molecule has 10 heavy (non-hydrogen) atoms. The van der Waals surface area contributed by atoms with Crippen molar-refractivity contribution in [1.29, 1.82) is 0 Å². The average molecular weight is 142 g/mol. The lowest BCUT2D eigenvalue weighted by atomic mass is 10.2. The highest BCUT2D eigenvalue weighted by Crippen LogP contribution is 2.14. The quantitative estimate of drug-likeness (QED) is 0.562. The molecule has 1 amide bonds. The van der Waals surface area contributed by atoms with Crippen LogP contribution in [0.15, 0.2) is 0 Å². The van der Waals surface area contributed by atoms with Crippen molar-refractivity contribution < 1.29 is 9.53 Å². The van der Waals surface area contributed by atoms with Gasteiger partial charge in [-0.2, -0.15) is 0 Å². The van der Waals surface area contributed by atoms with Crippen molar-refractivity contribution in [2.24, 2.45) is 0 Å². The van der Waals surface area contributed by atoms with Crippen LogP contribution in [0.4, 0.5) is 0 Å². The van der Waals surface area contributed by atoms with Crippen molar-refractivity contribution in [1.82, 2.24) is 4.90 Å². The Hall–Kier alpha value is -0.570. The largest absolute Gasteiger partial charge is 0.383 e. The van der Waals surface area contributed by atoms with Gasteiger partial charge in [0.1, 0.15) is 0 Å². The van der Waals surface area contributed by atoms with E-state index in [2.05, 4.69) is 0 Å². The first-order chi connectivity index (χ1) is 4.88. The summed E-state index contributed by atoms with van der Waals surface area (Å²) >= 11 is 0. The van der Waals surface area contributed by atoms with Crippen LogP contribution < -0.4 is 0 Å². The van der Waals surface area contributed by atoms with Gasteiger partial charge in [-0.3, -0.25) is 4.79 Å². The van der Waals surface area contributed by atoms with Crippen molar-refractivity contribution in [3.05, 3.63) is 0 Å². The van der Waals surface area contributed by atoms with E-state index >= 15 is 0 Å². The molecule has 1 radical (unpaired) electrons. The molecule has 1 rings (SSSR count). The normalized spacial score (nSPS) is 25.3. The van der Waals surface area contributed by atoms with Gasteiger partial charge in [0.15, 0.2) is 0 Å². The van der Waals surface area contributed by atoms with E-state index in [0.29, 0.717) is 6.61 Å². The molecule has 1 unspecified atom stereocenters. The van der Waals surface area contributed by atoms with Gasteiger partial charge in [-0.05, 0) is 12.8 Å². The maximum absolute atomic E-state index is 10.2. The van der Waals surface area contributed by atoms with Crippen molar-refractivity contribution in [2.75, 3.05) is 20.3 Å². The SMILES string of the molecule is COCC1CCCN1[C]=O. The summed E-state index contributed by atoms with van der Waals surface area (Å²) in [6.07, 6.45) is 4.05. The summed E-state index contributed by atoms with van der Waals surface area (Å²) in [5, 5.41) is 0. The van der Waals surface area contributed by atoms with Gasteiger partial charge in [-0.1, -0.05) is 0 Å². The third kappa shape index (κ3) is 1.48. The second-order valence-corrected chi connectivity index (χ2v) is 2.54. The highest BCUT2D eigenvalue weighted by atomic mass is 16.5. The summed E-state index contributed by atoms with van der Waals surface area (Å²) < 4.78 is 4.94. The van der Waals surface area contributed by atoms with Crippen LogP contribution in [-0.4, -0.2) is 37.6 Å². The van der Waals surface area contributed by atoms with Crippen LogP contribution in [0.2, 0.25) is 0 Å². The molecule has 1 fully saturated rings. The zero-order valence-electron chi connectivity index (χ0n) is 6.17. The predicted molar refractivity (Wildman–Crippen MR) is 37.3 cm³/mol. The van der Waals surface area contributed by atoms with Gasteiger partial charge in [0.25, 0.3) is 0 Å². The molecular formula is C7H12NO2. The van der Waals surface area contributed by atoms with E-state index in [9.17, 15) is 4.79 Å². The average Bonchev–Trinajstić information content (AvgIpc) is 2.36. The van der Waals surface area contributed by atoms with Crippen molar-refractivity contribution in [3.63, 3.8) is 0 Å². The zero-order chi connectivity index (χ0) is 7.40. The number of carbonyl (C=O) groups excluding carboxylic acids is 1. The van der Waals surface area contributed by atoms with E-state index in [4.69, 9.17) is 4.74 Å². The number of ether oxygens (including phenoxy) is 1. The summed E-state index contributed by atoms with van der Waals surface area (Å²) in [6.45, 7) is 1.49. The lowest BCUT2D eigenvalue weighted by molar-refractivity contribution is 0.144. The third-order valence-electron chi connectivity index (χ3n) is 1.85. The monoisotopic (exact) mass is 142 g/mol. The molecule has 3 heteroatoms. The Bertz CT molecular complexity index is 116. The Kier molecular flexibility index (Phi) is 2.68. The lowest BCUT2D eigenvalue weighted by Crippen LogP contribution is -2.31. The molecule has 0 aliphatic carbocycles. The number of likely N-dealkylation sites (tertiary alicyclic amines) is 1. The van der Waals surface area contributed by atoms with E-state index in [-0.39, 0.29) is 6.04 Å². The highest BCUT2D eigenvalue weighted by Gasteiger charge is 2.22. The fourth-order valence-electron chi connectivity index (χ4n) is 1.32. The summed E-state index contributed by atoms with van der Waals surface area (Å²) in [5.41, 5.74) is 0. The van der Waals surface area contributed by atoms with Gasteiger partial charge in [-0.15, -0.1) is 0 Å². The standard InChI is InChI=1S/C7H12NO2/c1-10-5-7-3-2-4-8(7)6-9/h7H,2-5H2,1H3. The molecule has 0 saturated carbocycles. The zero-order valence-corrected chi connectivity index (χ0v) is 6.17. The lowest BCUT2D eigenvalue weighted by Gasteiger charge is -2.16. The maximum atomic E-state index is 10.2. The number of hydrogen-bond acceptors (Lipinski definition) is 2. The molecule has 0 aromatic rings.